The third-order valence-electron chi connectivity index (χ3n) is 2.85. The van der Waals surface area contributed by atoms with E-state index in [0.717, 1.165) is 5.56 Å². The Labute approximate surface area is 105 Å². The van der Waals surface area contributed by atoms with Crippen LogP contribution in [0.3, 0.4) is 0 Å². The van der Waals surface area contributed by atoms with Crippen molar-refractivity contribution in [1.29, 1.82) is 0 Å². The first-order chi connectivity index (χ1) is 8.60. The van der Waals surface area contributed by atoms with Gasteiger partial charge in [-0.3, -0.25) is 14.4 Å². The Balaban J connectivity index is 2.19. The molecule has 1 heterocycles. The Morgan fingerprint density at radius 3 is 2.78 bits per heavy atom. The van der Waals surface area contributed by atoms with Gasteiger partial charge in [0.05, 0.1) is 19.4 Å². The molecule has 94 valence electrons. The summed E-state index contributed by atoms with van der Waals surface area (Å²) >= 11 is 0. The fourth-order valence-corrected chi connectivity index (χ4v) is 1.93. The number of hydrogen-bond acceptors (Lipinski definition) is 3. The fraction of sp³-hybridized carbons (Fsp3) is 0.308. The number of likely N-dealkylation sites (N-methyl/N-ethyl adjacent to an activating group) is 1. The Morgan fingerprint density at radius 1 is 1.39 bits per heavy atom. The predicted molar refractivity (Wildman–Crippen MR) is 66.2 cm³/mol. The van der Waals surface area contributed by atoms with Gasteiger partial charge in [-0.05, 0) is 17.7 Å². The van der Waals surface area contributed by atoms with E-state index in [-0.39, 0.29) is 37.0 Å². The Hall–Kier alpha value is -2.17. The van der Waals surface area contributed by atoms with Crippen LogP contribution in [0, 0.1) is 0 Å². The van der Waals surface area contributed by atoms with Gasteiger partial charge in [-0.25, -0.2) is 0 Å². The average Bonchev–Trinajstić information content (AvgIpc) is 2.68. The zero-order chi connectivity index (χ0) is 13.1. The molecule has 2 amide bonds. The van der Waals surface area contributed by atoms with E-state index in [1.807, 2.05) is 6.07 Å². The number of nitrogens with one attached hydrogen (secondary N) is 1. The van der Waals surface area contributed by atoms with Crippen LogP contribution >= 0.6 is 0 Å². The Bertz CT molecular complexity index is 511. The second-order valence-electron chi connectivity index (χ2n) is 4.22. The van der Waals surface area contributed by atoms with Gasteiger partial charge in [0, 0.05) is 12.7 Å². The van der Waals surface area contributed by atoms with Crippen LogP contribution in [0.4, 0.5) is 5.69 Å². The Morgan fingerprint density at radius 2 is 2.17 bits per heavy atom. The van der Waals surface area contributed by atoms with Crippen molar-refractivity contribution in [2.24, 2.45) is 0 Å². The summed E-state index contributed by atoms with van der Waals surface area (Å²) in [4.78, 5) is 35.6. The van der Waals surface area contributed by atoms with Crippen LogP contribution < -0.4 is 10.2 Å². The molecule has 0 saturated carbocycles. The predicted octanol–water partition coefficient (Wildman–Crippen LogP) is 0.281. The zero-order valence-corrected chi connectivity index (χ0v) is 10.1. The van der Waals surface area contributed by atoms with E-state index < -0.39 is 0 Å². The lowest BCUT2D eigenvalue weighted by Gasteiger charge is -2.15. The van der Waals surface area contributed by atoms with Crippen molar-refractivity contribution in [1.82, 2.24) is 5.32 Å². The quantitative estimate of drug-likeness (QED) is 0.779. The maximum absolute atomic E-state index is 11.6. The SMILES string of the molecule is CNC(=O)Cc1cccc(N2CC(=O)CC2=O)c1. The van der Waals surface area contributed by atoms with Crippen molar-refractivity contribution in [3.05, 3.63) is 29.8 Å². The maximum Gasteiger partial charge on any atom is 0.234 e. The Kier molecular flexibility index (Phi) is 3.41. The van der Waals surface area contributed by atoms with Crippen LogP contribution in [0.2, 0.25) is 0 Å². The van der Waals surface area contributed by atoms with E-state index in [2.05, 4.69) is 5.32 Å². The van der Waals surface area contributed by atoms with Crippen LogP contribution in [0.25, 0.3) is 0 Å². The van der Waals surface area contributed by atoms with Crippen molar-refractivity contribution in [2.45, 2.75) is 12.8 Å². The highest BCUT2D eigenvalue weighted by molar-refractivity contribution is 6.15. The summed E-state index contributed by atoms with van der Waals surface area (Å²) in [6.45, 7) is 0.127. The second kappa shape index (κ2) is 5.00. The van der Waals surface area contributed by atoms with Crippen LogP contribution in [0.15, 0.2) is 24.3 Å². The molecule has 5 nitrogen and oxygen atoms in total. The van der Waals surface area contributed by atoms with Gasteiger partial charge in [0.1, 0.15) is 0 Å². The molecule has 1 aliphatic heterocycles. The van der Waals surface area contributed by atoms with Crippen LogP contribution in [0.1, 0.15) is 12.0 Å². The largest absolute Gasteiger partial charge is 0.359 e. The highest BCUT2D eigenvalue weighted by Crippen LogP contribution is 2.21. The van der Waals surface area contributed by atoms with Gasteiger partial charge >= 0.3 is 0 Å². The average molecular weight is 246 g/mol. The lowest BCUT2D eigenvalue weighted by Crippen LogP contribution is -2.25. The first-order valence-electron chi connectivity index (χ1n) is 5.71. The number of hydrogen-bond donors (Lipinski definition) is 1. The summed E-state index contributed by atoms with van der Waals surface area (Å²) in [6.07, 6.45) is 0.236. The van der Waals surface area contributed by atoms with Gasteiger partial charge in [-0.2, -0.15) is 0 Å². The molecular weight excluding hydrogens is 232 g/mol. The van der Waals surface area contributed by atoms with Crippen molar-refractivity contribution in [3.8, 4) is 0 Å². The fourth-order valence-electron chi connectivity index (χ4n) is 1.93. The van der Waals surface area contributed by atoms with Crippen LogP contribution in [0.5, 0.6) is 0 Å². The third-order valence-corrected chi connectivity index (χ3v) is 2.85. The first-order valence-corrected chi connectivity index (χ1v) is 5.71. The van der Waals surface area contributed by atoms with Crippen molar-refractivity contribution >= 4 is 23.3 Å². The molecule has 0 unspecified atom stereocenters. The molecule has 1 aromatic rings. The van der Waals surface area contributed by atoms with Crippen molar-refractivity contribution in [3.63, 3.8) is 0 Å². The lowest BCUT2D eigenvalue weighted by atomic mass is 10.1. The number of anilines is 1. The minimum atomic E-state index is -0.183. The summed E-state index contributed by atoms with van der Waals surface area (Å²) < 4.78 is 0. The maximum atomic E-state index is 11.6. The molecule has 0 aliphatic carbocycles. The number of nitrogens with zero attached hydrogens (tertiary/aromatic N) is 1. The number of rotatable bonds is 3. The molecule has 1 N–H and O–H groups in total. The molecule has 5 heteroatoms. The monoisotopic (exact) mass is 246 g/mol. The minimum absolute atomic E-state index is 0.0281. The molecule has 0 spiro atoms. The molecule has 1 saturated heterocycles. The third kappa shape index (κ3) is 2.56. The number of ketones is 1. The molecule has 1 aromatic carbocycles. The van der Waals surface area contributed by atoms with Gasteiger partial charge < -0.3 is 10.2 Å². The minimum Gasteiger partial charge on any atom is -0.359 e. The molecule has 0 bridgehead atoms. The molecule has 2 rings (SSSR count). The molecule has 1 aliphatic rings. The second-order valence-corrected chi connectivity index (χ2v) is 4.22. The molecule has 1 fully saturated rings. The number of amides is 2. The summed E-state index contributed by atoms with van der Waals surface area (Å²) in [6, 6.07) is 7.14. The molecule has 0 radical (unpaired) electrons. The highest BCUT2D eigenvalue weighted by Gasteiger charge is 2.28. The highest BCUT2D eigenvalue weighted by atomic mass is 16.2. The standard InChI is InChI=1S/C13H14N2O3/c1-14-12(17)6-9-3-2-4-10(5-9)15-8-11(16)7-13(15)18/h2-5H,6-8H2,1H3,(H,14,17). The number of carbonyl (C=O) groups excluding carboxylic acids is 3. The van der Waals surface area contributed by atoms with Gasteiger partial charge in [-0.1, -0.05) is 12.1 Å². The summed E-state index contributed by atoms with van der Waals surface area (Å²) in [5.74, 6) is -0.343. The summed E-state index contributed by atoms with van der Waals surface area (Å²) in [5, 5.41) is 2.54. The van der Waals surface area contributed by atoms with Gasteiger partial charge in [0.15, 0.2) is 5.78 Å². The zero-order valence-electron chi connectivity index (χ0n) is 10.1. The lowest BCUT2D eigenvalue weighted by molar-refractivity contribution is -0.122. The number of Topliss-reactive ketones (excluding diaryl/α,β-unsaturated/α-hetero) is 1. The van der Waals surface area contributed by atoms with E-state index in [1.165, 1.54) is 4.90 Å². The molecule has 18 heavy (non-hydrogen) atoms. The smallest absolute Gasteiger partial charge is 0.234 e. The van der Waals surface area contributed by atoms with Crippen molar-refractivity contribution in [2.75, 3.05) is 18.5 Å². The van der Waals surface area contributed by atoms with Gasteiger partial charge in [0.25, 0.3) is 0 Å². The molecule has 0 aromatic heterocycles. The van der Waals surface area contributed by atoms with Gasteiger partial charge in [-0.15, -0.1) is 0 Å². The van der Waals surface area contributed by atoms with E-state index in [9.17, 15) is 14.4 Å². The van der Waals surface area contributed by atoms with E-state index in [4.69, 9.17) is 0 Å². The summed E-state index contributed by atoms with van der Waals surface area (Å²) in [7, 11) is 1.58. The summed E-state index contributed by atoms with van der Waals surface area (Å²) in [5.41, 5.74) is 1.49. The van der Waals surface area contributed by atoms with Crippen molar-refractivity contribution < 1.29 is 14.4 Å². The molecule has 0 atom stereocenters. The van der Waals surface area contributed by atoms with Crippen LogP contribution in [-0.4, -0.2) is 31.2 Å². The van der Waals surface area contributed by atoms with E-state index in [1.54, 1.807) is 25.2 Å². The first kappa shape index (κ1) is 12.3. The van der Waals surface area contributed by atoms with E-state index >= 15 is 0 Å². The van der Waals surface area contributed by atoms with Crippen LogP contribution in [-0.2, 0) is 20.8 Å². The number of benzene rings is 1. The topological polar surface area (TPSA) is 66.5 Å². The van der Waals surface area contributed by atoms with E-state index in [0.29, 0.717) is 5.69 Å². The molecular formula is C13H14N2O3. The normalized spacial score (nSPS) is 15.1. The number of carbonyl (C=O) groups is 3. The van der Waals surface area contributed by atoms with Gasteiger partial charge in [0.2, 0.25) is 11.8 Å².